The molecule has 5 N–H and O–H groups in total. The molecule has 4 amide bonds. The van der Waals surface area contributed by atoms with Gasteiger partial charge in [0, 0.05) is 6.54 Å². The van der Waals surface area contributed by atoms with Gasteiger partial charge in [-0.15, -0.1) is 0 Å². The van der Waals surface area contributed by atoms with Crippen LogP contribution in [0.15, 0.2) is 0 Å². The number of rotatable bonds is 8. The van der Waals surface area contributed by atoms with E-state index in [4.69, 9.17) is 10.8 Å². The first-order valence-electron chi connectivity index (χ1n) is 6.11. The Morgan fingerprint density at radius 2 is 1.85 bits per heavy atom. The van der Waals surface area contributed by atoms with Crippen LogP contribution >= 0.6 is 0 Å². The van der Waals surface area contributed by atoms with Crippen molar-refractivity contribution in [1.82, 2.24) is 15.5 Å². The minimum Gasteiger partial charge on any atom is -0.480 e. The Kier molecular flexibility index (Phi) is 7.71. The number of hydrogen-bond donors (Lipinski definition) is 4. The van der Waals surface area contributed by atoms with Gasteiger partial charge in [-0.05, 0) is 13.3 Å². The molecule has 0 rings (SSSR count). The zero-order valence-electron chi connectivity index (χ0n) is 11.5. The van der Waals surface area contributed by atoms with Gasteiger partial charge < -0.3 is 26.4 Å². The van der Waals surface area contributed by atoms with Gasteiger partial charge in [-0.2, -0.15) is 0 Å². The maximum Gasteiger partial charge on any atom is 0.323 e. The third-order valence-electron chi connectivity index (χ3n) is 2.24. The van der Waals surface area contributed by atoms with E-state index in [2.05, 4.69) is 10.6 Å². The molecule has 0 fully saturated rings. The van der Waals surface area contributed by atoms with Gasteiger partial charge in [0.15, 0.2) is 0 Å². The van der Waals surface area contributed by atoms with Crippen LogP contribution in [0.25, 0.3) is 0 Å². The summed E-state index contributed by atoms with van der Waals surface area (Å²) in [6.07, 6.45) is 0.749. The summed E-state index contributed by atoms with van der Waals surface area (Å²) in [6, 6.07) is -1.69. The average molecular weight is 288 g/mol. The van der Waals surface area contributed by atoms with E-state index in [1.807, 2.05) is 6.92 Å². The number of nitrogens with one attached hydrogen (secondary N) is 2. The lowest BCUT2D eigenvalue weighted by Gasteiger charge is -2.22. The minimum absolute atomic E-state index is 0.394. The van der Waals surface area contributed by atoms with Crippen molar-refractivity contribution in [3.63, 3.8) is 0 Å². The van der Waals surface area contributed by atoms with Gasteiger partial charge in [0.25, 0.3) is 0 Å². The Morgan fingerprint density at radius 3 is 2.30 bits per heavy atom. The van der Waals surface area contributed by atoms with Crippen molar-refractivity contribution in [3.8, 4) is 0 Å². The van der Waals surface area contributed by atoms with Crippen LogP contribution in [0, 0.1) is 0 Å². The van der Waals surface area contributed by atoms with E-state index >= 15 is 0 Å². The Balaban J connectivity index is 4.53. The summed E-state index contributed by atoms with van der Waals surface area (Å²) in [5, 5.41) is 13.5. The van der Waals surface area contributed by atoms with E-state index < -0.39 is 42.9 Å². The van der Waals surface area contributed by atoms with Crippen LogP contribution < -0.4 is 16.4 Å². The lowest BCUT2D eigenvalue weighted by Crippen LogP contribution is -2.52. The topological polar surface area (TPSA) is 142 Å². The average Bonchev–Trinajstić information content (AvgIpc) is 2.33. The van der Waals surface area contributed by atoms with Crippen LogP contribution in [0.5, 0.6) is 0 Å². The summed E-state index contributed by atoms with van der Waals surface area (Å²) >= 11 is 0. The summed E-state index contributed by atoms with van der Waals surface area (Å²) in [5.41, 5.74) is 4.93. The van der Waals surface area contributed by atoms with Crippen molar-refractivity contribution in [2.24, 2.45) is 5.73 Å². The predicted molar refractivity (Wildman–Crippen MR) is 69.7 cm³/mol. The molecule has 0 aromatic heterocycles. The lowest BCUT2D eigenvalue weighted by molar-refractivity contribution is -0.137. The highest BCUT2D eigenvalue weighted by Gasteiger charge is 2.22. The highest BCUT2D eigenvalue weighted by molar-refractivity contribution is 5.90. The van der Waals surface area contributed by atoms with Crippen LogP contribution in [-0.2, 0) is 14.4 Å². The molecule has 0 aliphatic carbocycles. The van der Waals surface area contributed by atoms with Crippen LogP contribution in [0.4, 0.5) is 4.79 Å². The second-order valence-corrected chi connectivity index (χ2v) is 4.18. The number of urea groups is 1. The van der Waals surface area contributed by atoms with E-state index in [-0.39, 0.29) is 0 Å². The molecule has 9 nitrogen and oxygen atoms in total. The largest absolute Gasteiger partial charge is 0.480 e. The van der Waals surface area contributed by atoms with Crippen molar-refractivity contribution in [1.29, 1.82) is 0 Å². The second kappa shape index (κ2) is 8.73. The number of primary amides is 1. The summed E-state index contributed by atoms with van der Waals surface area (Å²) in [5.74, 6) is -2.52. The molecular formula is C11H20N4O5. The molecule has 0 spiro atoms. The standard InChI is InChI=1S/C11H20N4O5/c1-3-4-13-10(19)7(2)14-11(20)15(5-8(12)16)6-9(17)18/h7H,3-6H2,1-2H3,(H2,12,16)(H,13,19)(H,14,20)(H,17,18). The SMILES string of the molecule is CCCNC(=O)C(C)NC(=O)N(CC(N)=O)CC(=O)O. The molecule has 0 aliphatic heterocycles. The van der Waals surface area contributed by atoms with Gasteiger partial charge in [0.05, 0.1) is 0 Å². The third kappa shape index (κ3) is 7.19. The van der Waals surface area contributed by atoms with Crippen molar-refractivity contribution < 1.29 is 24.3 Å². The highest BCUT2D eigenvalue weighted by Crippen LogP contribution is 1.92. The fourth-order valence-electron chi connectivity index (χ4n) is 1.29. The quantitative estimate of drug-likeness (QED) is 0.429. The van der Waals surface area contributed by atoms with Crippen LogP contribution in [0.2, 0.25) is 0 Å². The molecule has 0 saturated carbocycles. The molecular weight excluding hydrogens is 268 g/mol. The fourth-order valence-corrected chi connectivity index (χ4v) is 1.29. The highest BCUT2D eigenvalue weighted by atomic mass is 16.4. The summed E-state index contributed by atoms with van der Waals surface area (Å²) < 4.78 is 0. The number of carbonyl (C=O) groups is 4. The van der Waals surface area contributed by atoms with Gasteiger partial charge in [0.2, 0.25) is 11.8 Å². The number of nitrogens with two attached hydrogens (primary N) is 1. The van der Waals surface area contributed by atoms with E-state index in [1.165, 1.54) is 6.92 Å². The monoisotopic (exact) mass is 288 g/mol. The van der Waals surface area contributed by atoms with Crippen molar-refractivity contribution in [2.45, 2.75) is 26.3 Å². The number of aliphatic carboxylic acids is 1. The van der Waals surface area contributed by atoms with Crippen LogP contribution in [0.1, 0.15) is 20.3 Å². The van der Waals surface area contributed by atoms with Gasteiger partial charge >= 0.3 is 12.0 Å². The number of carboxylic acids is 1. The molecule has 0 aromatic carbocycles. The Labute approximate surface area is 116 Å². The minimum atomic E-state index is -1.29. The molecule has 114 valence electrons. The molecule has 0 saturated heterocycles. The van der Waals surface area contributed by atoms with Gasteiger partial charge in [0.1, 0.15) is 19.1 Å². The van der Waals surface area contributed by atoms with E-state index in [1.54, 1.807) is 0 Å². The van der Waals surface area contributed by atoms with E-state index in [0.717, 1.165) is 6.42 Å². The second-order valence-electron chi connectivity index (χ2n) is 4.18. The van der Waals surface area contributed by atoms with Crippen molar-refractivity contribution >= 4 is 23.8 Å². The Morgan fingerprint density at radius 1 is 1.25 bits per heavy atom. The number of hydrogen-bond acceptors (Lipinski definition) is 4. The normalized spacial score (nSPS) is 11.3. The maximum atomic E-state index is 11.8. The van der Waals surface area contributed by atoms with Crippen LogP contribution in [0.3, 0.4) is 0 Å². The molecule has 1 unspecified atom stereocenters. The summed E-state index contributed by atoms with van der Waals surface area (Å²) in [6.45, 7) is 2.58. The number of carbonyl (C=O) groups excluding carboxylic acids is 3. The number of carboxylic acid groups (broad SMARTS) is 1. The first kappa shape index (κ1) is 17.7. The summed E-state index contributed by atoms with van der Waals surface area (Å²) in [4.78, 5) is 45.4. The first-order chi connectivity index (χ1) is 9.27. The molecule has 0 radical (unpaired) electrons. The molecule has 9 heteroatoms. The molecule has 0 aromatic rings. The lowest BCUT2D eigenvalue weighted by atomic mass is 10.3. The first-order valence-corrected chi connectivity index (χ1v) is 6.11. The Bertz CT molecular complexity index is 369. The molecule has 20 heavy (non-hydrogen) atoms. The van der Waals surface area contributed by atoms with Gasteiger partial charge in [-0.25, -0.2) is 4.79 Å². The van der Waals surface area contributed by atoms with E-state index in [0.29, 0.717) is 11.4 Å². The zero-order valence-corrected chi connectivity index (χ0v) is 11.5. The van der Waals surface area contributed by atoms with Crippen LogP contribution in [-0.4, -0.2) is 59.5 Å². The fraction of sp³-hybridized carbons (Fsp3) is 0.636. The Hall–Kier alpha value is -2.32. The number of nitrogens with zero attached hydrogens (tertiary/aromatic N) is 1. The molecule has 0 bridgehead atoms. The molecule has 1 atom stereocenters. The number of amides is 4. The molecule has 0 aliphatic rings. The van der Waals surface area contributed by atoms with Gasteiger partial charge in [-0.3, -0.25) is 14.4 Å². The maximum absolute atomic E-state index is 11.8. The zero-order chi connectivity index (χ0) is 15.7. The van der Waals surface area contributed by atoms with Crippen molar-refractivity contribution in [2.75, 3.05) is 19.6 Å². The predicted octanol–water partition coefficient (Wildman–Crippen LogP) is -1.52. The van der Waals surface area contributed by atoms with Crippen molar-refractivity contribution in [3.05, 3.63) is 0 Å². The molecule has 0 heterocycles. The van der Waals surface area contributed by atoms with E-state index in [9.17, 15) is 19.2 Å². The summed E-state index contributed by atoms with van der Waals surface area (Å²) in [7, 11) is 0. The van der Waals surface area contributed by atoms with Gasteiger partial charge in [-0.1, -0.05) is 6.92 Å². The third-order valence-corrected chi connectivity index (χ3v) is 2.24. The smallest absolute Gasteiger partial charge is 0.323 e.